The van der Waals surface area contributed by atoms with E-state index in [1.165, 1.54) is 18.5 Å². The summed E-state index contributed by atoms with van der Waals surface area (Å²) >= 11 is 0. The molecule has 1 saturated heterocycles. The van der Waals surface area contributed by atoms with E-state index in [2.05, 4.69) is 9.97 Å². The zero-order valence-electron chi connectivity index (χ0n) is 17.1. The highest BCUT2D eigenvalue weighted by atomic mass is 32.2. The first kappa shape index (κ1) is 20.5. The maximum atomic E-state index is 13.5. The highest BCUT2D eigenvalue weighted by Crippen LogP contribution is 2.33. The second-order valence-corrected chi connectivity index (χ2v) is 10.4. The fourth-order valence-corrected chi connectivity index (χ4v) is 6.16. The molecule has 0 radical (unpaired) electrons. The Kier molecular flexibility index (Phi) is 5.09. The molecule has 0 amide bonds. The summed E-state index contributed by atoms with van der Waals surface area (Å²) < 4.78 is 38.9. The smallest absolute Gasteiger partial charge is 0.163 e. The van der Waals surface area contributed by atoms with Crippen LogP contribution in [0.5, 0.6) is 0 Å². The Balaban J connectivity index is 1.58. The predicted octanol–water partition coefficient (Wildman–Crippen LogP) is 4.23. The molecule has 4 aromatic rings. The molecule has 5 rings (SSSR count). The number of fused-ring (bicyclic) bond motifs is 1. The molecule has 162 valence electrons. The van der Waals surface area contributed by atoms with Crippen LogP contribution in [-0.4, -0.2) is 40.2 Å². The third-order valence-electron chi connectivity index (χ3n) is 5.90. The van der Waals surface area contributed by atoms with Gasteiger partial charge < -0.3 is 4.57 Å². The Hall–Kier alpha value is -3.39. The van der Waals surface area contributed by atoms with E-state index in [1.54, 1.807) is 30.6 Å². The summed E-state index contributed by atoms with van der Waals surface area (Å²) in [4.78, 5) is 21.2. The third kappa shape index (κ3) is 3.93. The SMILES string of the molecule is O=C(CC1CCS(=O)(=O)C1)c1ccc2c(-c3cncnc3)cn(-c3ccc(F)cc3)c2c1. The van der Waals surface area contributed by atoms with Crippen molar-refractivity contribution in [1.29, 1.82) is 0 Å². The van der Waals surface area contributed by atoms with E-state index in [1.807, 2.05) is 22.9 Å². The van der Waals surface area contributed by atoms with Gasteiger partial charge in [0, 0.05) is 52.8 Å². The Morgan fingerprint density at radius 2 is 1.84 bits per heavy atom. The largest absolute Gasteiger partial charge is 0.316 e. The van der Waals surface area contributed by atoms with Crippen LogP contribution in [-0.2, 0) is 9.84 Å². The van der Waals surface area contributed by atoms with Crippen molar-refractivity contribution >= 4 is 26.5 Å². The zero-order chi connectivity index (χ0) is 22.3. The molecule has 1 aliphatic heterocycles. The summed E-state index contributed by atoms with van der Waals surface area (Å²) in [6.07, 6.45) is 7.56. The first-order chi connectivity index (χ1) is 15.4. The van der Waals surface area contributed by atoms with Crippen molar-refractivity contribution in [2.45, 2.75) is 12.8 Å². The number of ketones is 1. The van der Waals surface area contributed by atoms with Crippen molar-refractivity contribution in [3.05, 3.63) is 78.8 Å². The zero-order valence-corrected chi connectivity index (χ0v) is 17.9. The molecule has 32 heavy (non-hydrogen) atoms. The van der Waals surface area contributed by atoms with Crippen LogP contribution in [0.1, 0.15) is 23.2 Å². The van der Waals surface area contributed by atoms with Crippen LogP contribution in [0, 0.1) is 11.7 Å². The minimum Gasteiger partial charge on any atom is -0.316 e. The molecule has 0 spiro atoms. The fraction of sp³-hybridized carbons (Fsp3) is 0.208. The van der Waals surface area contributed by atoms with Crippen molar-refractivity contribution in [3.63, 3.8) is 0 Å². The van der Waals surface area contributed by atoms with Gasteiger partial charge in [-0.2, -0.15) is 0 Å². The van der Waals surface area contributed by atoms with Crippen LogP contribution in [0.3, 0.4) is 0 Å². The Bertz CT molecular complexity index is 1410. The van der Waals surface area contributed by atoms with Crippen LogP contribution >= 0.6 is 0 Å². The molecule has 2 aromatic heterocycles. The van der Waals surface area contributed by atoms with Gasteiger partial charge in [0.05, 0.1) is 17.0 Å². The average molecular weight is 450 g/mol. The van der Waals surface area contributed by atoms with Crippen LogP contribution in [0.4, 0.5) is 4.39 Å². The van der Waals surface area contributed by atoms with E-state index in [9.17, 15) is 17.6 Å². The number of sulfone groups is 1. The first-order valence-corrected chi connectivity index (χ1v) is 12.1. The highest BCUT2D eigenvalue weighted by molar-refractivity contribution is 7.91. The minimum absolute atomic E-state index is 0.0745. The number of hydrogen-bond donors (Lipinski definition) is 0. The highest BCUT2D eigenvalue weighted by Gasteiger charge is 2.29. The molecule has 6 nitrogen and oxygen atoms in total. The molecule has 0 bridgehead atoms. The van der Waals surface area contributed by atoms with Gasteiger partial charge in [-0.25, -0.2) is 22.8 Å². The monoisotopic (exact) mass is 449 g/mol. The Labute approximate surface area is 184 Å². The lowest BCUT2D eigenvalue weighted by atomic mass is 9.96. The number of benzene rings is 2. The number of Topliss-reactive ketones (excluding diaryl/α,β-unsaturated/α-hetero) is 1. The third-order valence-corrected chi connectivity index (χ3v) is 7.74. The molecule has 0 aliphatic carbocycles. The van der Waals surface area contributed by atoms with Crippen LogP contribution in [0.25, 0.3) is 27.7 Å². The van der Waals surface area contributed by atoms with Crippen molar-refractivity contribution in [2.75, 3.05) is 11.5 Å². The van der Waals surface area contributed by atoms with Gasteiger partial charge in [-0.1, -0.05) is 12.1 Å². The van der Waals surface area contributed by atoms with Crippen molar-refractivity contribution < 1.29 is 17.6 Å². The summed E-state index contributed by atoms with van der Waals surface area (Å²) in [6.45, 7) is 0. The van der Waals surface area contributed by atoms with E-state index in [-0.39, 0.29) is 35.4 Å². The molecule has 1 fully saturated rings. The number of hydrogen-bond acceptors (Lipinski definition) is 5. The van der Waals surface area contributed by atoms with E-state index in [0.29, 0.717) is 12.0 Å². The molecule has 1 atom stereocenters. The Morgan fingerprint density at radius 1 is 1.09 bits per heavy atom. The van der Waals surface area contributed by atoms with E-state index >= 15 is 0 Å². The minimum atomic E-state index is -3.03. The number of nitrogens with zero attached hydrogens (tertiary/aromatic N) is 3. The van der Waals surface area contributed by atoms with Gasteiger partial charge in [0.2, 0.25) is 0 Å². The lowest BCUT2D eigenvalue weighted by Crippen LogP contribution is -2.10. The molecule has 1 unspecified atom stereocenters. The number of rotatable bonds is 5. The molecular formula is C24H20FN3O3S. The van der Waals surface area contributed by atoms with Gasteiger partial charge >= 0.3 is 0 Å². The second kappa shape index (κ2) is 7.94. The quantitative estimate of drug-likeness (QED) is 0.426. The van der Waals surface area contributed by atoms with Gasteiger partial charge in [0.25, 0.3) is 0 Å². The molecular weight excluding hydrogens is 429 g/mol. The molecule has 2 aromatic carbocycles. The molecule has 3 heterocycles. The summed E-state index contributed by atoms with van der Waals surface area (Å²) in [7, 11) is -3.03. The van der Waals surface area contributed by atoms with Crippen molar-refractivity contribution in [3.8, 4) is 16.8 Å². The summed E-state index contributed by atoms with van der Waals surface area (Å²) in [5, 5.41) is 0.907. The van der Waals surface area contributed by atoms with Crippen molar-refractivity contribution in [1.82, 2.24) is 14.5 Å². The van der Waals surface area contributed by atoms with Gasteiger partial charge in [0.15, 0.2) is 15.6 Å². The standard InChI is InChI=1S/C24H20FN3O3S/c25-19-2-4-20(5-3-19)28-13-22(18-11-26-15-27-12-18)21-6-1-17(10-23(21)28)24(29)9-16-7-8-32(30,31)14-16/h1-6,10-13,15-16H,7-9,14H2. The van der Waals surface area contributed by atoms with Gasteiger partial charge in [-0.15, -0.1) is 0 Å². The van der Waals surface area contributed by atoms with Crippen LogP contribution < -0.4 is 0 Å². The van der Waals surface area contributed by atoms with Crippen molar-refractivity contribution in [2.24, 2.45) is 5.92 Å². The Morgan fingerprint density at radius 3 is 2.53 bits per heavy atom. The number of carbonyl (C=O) groups excluding carboxylic acids is 1. The number of carbonyl (C=O) groups is 1. The van der Waals surface area contributed by atoms with Crippen LogP contribution in [0.2, 0.25) is 0 Å². The van der Waals surface area contributed by atoms with E-state index in [4.69, 9.17) is 0 Å². The lowest BCUT2D eigenvalue weighted by Gasteiger charge is -2.09. The maximum absolute atomic E-state index is 13.5. The van der Waals surface area contributed by atoms with Gasteiger partial charge in [0.1, 0.15) is 12.1 Å². The van der Waals surface area contributed by atoms with E-state index in [0.717, 1.165) is 27.7 Å². The normalized spacial score (nSPS) is 17.6. The molecule has 0 N–H and O–H groups in total. The summed E-state index contributed by atoms with van der Waals surface area (Å²) in [5.74, 6) is -0.316. The topological polar surface area (TPSA) is 81.9 Å². The second-order valence-electron chi connectivity index (χ2n) is 8.14. The predicted molar refractivity (Wildman–Crippen MR) is 120 cm³/mol. The van der Waals surface area contributed by atoms with Crippen LogP contribution in [0.15, 0.2) is 67.4 Å². The molecule has 0 saturated carbocycles. The lowest BCUT2D eigenvalue weighted by molar-refractivity contribution is 0.0966. The average Bonchev–Trinajstić information content (AvgIpc) is 3.34. The number of halogens is 1. The fourth-order valence-electron chi connectivity index (χ4n) is 4.30. The maximum Gasteiger partial charge on any atom is 0.163 e. The number of aromatic nitrogens is 3. The van der Waals surface area contributed by atoms with Gasteiger partial charge in [-0.05, 0) is 42.7 Å². The summed E-state index contributed by atoms with van der Waals surface area (Å²) in [6, 6.07) is 11.6. The van der Waals surface area contributed by atoms with Gasteiger partial charge in [-0.3, -0.25) is 4.79 Å². The van der Waals surface area contributed by atoms with E-state index < -0.39 is 9.84 Å². The molecule has 8 heteroatoms. The first-order valence-electron chi connectivity index (χ1n) is 10.3. The summed E-state index contributed by atoms with van der Waals surface area (Å²) in [5.41, 5.74) is 3.80. The molecule has 1 aliphatic rings.